The van der Waals surface area contributed by atoms with Crippen molar-refractivity contribution in [2.24, 2.45) is 11.8 Å². The summed E-state index contributed by atoms with van der Waals surface area (Å²) in [5, 5.41) is 0. The lowest BCUT2D eigenvalue weighted by molar-refractivity contribution is -0.137. The van der Waals surface area contributed by atoms with Gasteiger partial charge >= 0.3 is 6.18 Å². The van der Waals surface area contributed by atoms with Crippen molar-refractivity contribution < 1.29 is 13.2 Å². The van der Waals surface area contributed by atoms with Gasteiger partial charge in [-0.05, 0) is 42.9 Å². The van der Waals surface area contributed by atoms with Gasteiger partial charge in [0.2, 0.25) is 0 Å². The summed E-state index contributed by atoms with van der Waals surface area (Å²) >= 11 is 0. The van der Waals surface area contributed by atoms with Crippen molar-refractivity contribution in [3.8, 4) is 0 Å². The molecular formula is C16H21F3N2. The molecule has 1 heterocycles. The van der Waals surface area contributed by atoms with Crippen molar-refractivity contribution >= 4 is 11.4 Å². The number of nitrogens with zero attached hydrogens (tertiary/aromatic N) is 1. The molecule has 1 aromatic carbocycles. The van der Waals surface area contributed by atoms with E-state index < -0.39 is 11.7 Å². The van der Waals surface area contributed by atoms with Crippen LogP contribution in [0.1, 0.15) is 37.7 Å². The maximum atomic E-state index is 13.2. The molecule has 2 atom stereocenters. The standard InChI is InChI=1S/C16H21F3N2/c17-16(18,19)14-9-13(20)5-6-15(14)21-8-7-11-3-1-2-4-12(11)10-21/h5-6,9,11-12H,1-4,7-8,10,20H2. The SMILES string of the molecule is Nc1ccc(N2CCC3CCCCC3C2)c(C(F)(F)F)c1. The third kappa shape index (κ3) is 2.97. The fourth-order valence-corrected chi connectivity index (χ4v) is 3.88. The fourth-order valence-electron chi connectivity index (χ4n) is 3.88. The Morgan fingerprint density at radius 3 is 2.48 bits per heavy atom. The van der Waals surface area contributed by atoms with Gasteiger partial charge in [-0.1, -0.05) is 19.3 Å². The molecule has 0 bridgehead atoms. The molecule has 0 amide bonds. The number of benzene rings is 1. The molecule has 1 aromatic rings. The van der Waals surface area contributed by atoms with Crippen LogP contribution in [0.25, 0.3) is 0 Å². The minimum absolute atomic E-state index is 0.165. The Bertz CT molecular complexity index is 513. The molecule has 3 rings (SSSR count). The zero-order valence-electron chi connectivity index (χ0n) is 12.0. The number of fused-ring (bicyclic) bond motifs is 1. The number of halogens is 3. The molecule has 0 radical (unpaired) electrons. The second kappa shape index (κ2) is 5.43. The third-order valence-electron chi connectivity index (χ3n) is 4.96. The quantitative estimate of drug-likeness (QED) is 0.783. The highest BCUT2D eigenvalue weighted by Gasteiger charge is 2.37. The minimum Gasteiger partial charge on any atom is -0.399 e. The summed E-state index contributed by atoms with van der Waals surface area (Å²) in [6.45, 7) is 1.46. The maximum absolute atomic E-state index is 13.2. The summed E-state index contributed by atoms with van der Waals surface area (Å²) in [4.78, 5) is 1.91. The topological polar surface area (TPSA) is 29.3 Å². The lowest BCUT2D eigenvalue weighted by atomic mass is 9.75. The van der Waals surface area contributed by atoms with Crippen LogP contribution in [-0.2, 0) is 6.18 Å². The van der Waals surface area contributed by atoms with E-state index in [-0.39, 0.29) is 5.69 Å². The first-order valence-corrected chi connectivity index (χ1v) is 7.67. The summed E-state index contributed by atoms with van der Waals surface area (Å²) in [5.41, 5.74) is 5.40. The summed E-state index contributed by atoms with van der Waals surface area (Å²) in [6, 6.07) is 4.15. The molecule has 1 saturated carbocycles. The lowest BCUT2D eigenvalue weighted by Crippen LogP contribution is -2.42. The molecule has 2 unspecified atom stereocenters. The van der Waals surface area contributed by atoms with Gasteiger partial charge in [0.05, 0.1) is 5.56 Å². The van der Waals surface area contributed by atoms with Crippen LogP contribution in [-0.4, -0.2) is 13.1 Å². The van der Waals surface area contributed by atoms with Gasteiger partial charge in [-0.15, -0.1) is 0 Å². The highest BCUT2D eigenvalue weighted by atomic mass is 19.4. The number of hydrogen-bond donors (Lipinski definition) is 1. The van der Waals surface area contributed by atoms with Crippen LogP contribution in [0, 0.1) is 11.8 Å². The van der Waals surface area contributed by atoms with Crippen LogP contribution in [0.2, 0.25) is 0 Å². The summed E-state index contributed by atoms with van der Waals surface area (Å²) < 4.78 is 39.7. The summed E-state index contributed by atoms with van der Waals surface area (Å²) in [7, 11) is 0. The molecule has 2 aliphatic rings. The Morgan fingerprint density at radius 2 is 1.76 bits per heavy atom. The van der Waals surface area contributed by atoms with Gasteiger partial charge < -0.3 is 10.6 Å². The number of hydrogen-bond acceptors (Lipinski definition) is 2. The van der Waals surface area contributed by atoms with E-state index in [1.165, 1.54) is 25.3 Å². The predicted octanol–water partition coefficient (Wildman–Crippen LogP) is 4.30. The average molecular weight is 298 g/mol. The van der Waals surface area contributed by atoms with E-state index >= 15 is 0 Å². The van der Waals surface area contributed by atoms with Gasteiger partial charge in [0.15, 0.2) is 0 Å². The molecule has 116 valence electrons. The minimum atomic E-state index is -4.35. The number of rotatable bonds is 1. The van der Waals surface area contributed by atoms with E-state index in [2.05, 4.69) is 0 Å². The highest BCUT2D eigenvalue weighted by molar-refractivity contribution is 5.61. The molecule has 2 fully saturated rings. The Balaban J connectivity index is 1.87. The molecular weight excluding hydrogens is 277 g/mol. The third-order valence-corrected chi connectivity index (χ3v) is 4.96. The number of nitrogen functional groups attached to an aromatic ring is 1. The predicted molar refractivity (Wildman–Crippen MR) is 78.1 cm³/mol. The van der Waals surface area contributed by atoms with Crippen molar-refractivity contribution in [1.29, 1.82) is 0 Å². The molecule has 2 nitrogen and oxygen atoms in total. The first kappa shape index (κ1) is 14.5. The zero-order chi connectivity index (χ0) is 15.0. The first-order chi connectivity index (χ1) is 9.95. The number of alkyl halides is 3. The zero-order valence-corrected chi connectivity index (χ0v) is 12.0. The molecule has 0 spiro atoms. The second-order valence-corrected chi connectivity index (χ2v) is 6.31. The van der Waals surface area contributed by atoms with Gasteiger partial charge in [-0.3, -0.25) is 0 Å². The van der Waals surface area contributed by atoms with Crippen LogP contribution in [0.3, 0.4) is 0 Å². The Morgan fingerprint density at radius 1 is 1.05 bits per heavy atom. The largest absolute Gasteiger partial charge is 0.418 e. The monoisotopic (exact) mass is 298 g/mol. The van der Waals surface area contributed by atoms with Crippen LogP contribution in [0.4, 0.5) is 24.5 Å². The fraction of sp³-hybridized carbons (Fsp3) is 0.625. The van der Waals surface area contributed by atoms with Gasteiger partial charge in [0.25, 0.3) is 0 Å². The van der Waals surface area contributed by atoms with Crippen LogP contribution in [0.5, 0.6) is 0 Å². The van der Waals surface area contributed by atoms with E-state index in [0.29, 0.717) is 24.1 Å². The van der Waals surface area contributed by atoms with E-state index in [9.17, 15) is 13.2 Å². The molecule has 1 aliphatic heterocycles. The van der Waals surface area contributed by atoms with Crippen molar-refractivity contribution in [3.63, 3.8) is 0 Å². The normalized spacial score (nSPS) is 26.5. The smallest absolute Gasteiger partial charge is 0.399 e. The number of anilines is 2. The summed E-state index contributed by atoms with van der Waals surface area (Å²) in [5.74, 6) is 1.25. The molecule has 1 aliphatic carbocycles. The lowest BCUT2D eigenvalue weighted by Gasteiger charge is -2.43. The van der Waals surface area contributed by atoms with Gasteiger partial charge in [-0.2, -0.15) is 13.2 Å². The van der Waals surface area contributed by atoms with Gasteiger partial charge in [-0.25, -0.2) is 0 Å². The molecule has 0 aromatic heterocycles. The van der Waals surface area contributed by atoms with Crippen molar-refractivity contribution in [2.45, 2.75) is 38.3 Å². The molecule has 5 heteroatoms. The molecule has 21 heavy (non-hydrogen) atoms. The van der Waals surface area contributed by atoms with Crippen molar-refractivity contribution in [2.75, 3.05) is 23.7 Å². The summed E-state index contributed by atoms with van der Waals surface area (Å²) in [6.07, 6.45) is 1.53. The first-order valence-electron chi connectivity index (χ1n) is 7.67. The van der Waals surface area contributed by atoms with Crippen LogP contribution in [0.15, 0.2) is 18.2 Å². The van der Waals surface area contributed by atoms with Gasteiger partial charge in [0.1, 0.15) is 0 Å². The van der Waals surface area contributed by atoms with E-state index in [1.807, 2.05) is 4.90 Å². The molecule has 1 saturated heterocycles. The maximum Gasteiger partial charge on any atom is 0.418 e. The van der Waals surface area contributed by atoms with E-state index in [0.717, 1.165) is 25.5 Å². The highest BCUT2D eigenvalue weighted by Crippen LogP contribution is 2.42. The van der Waals surface area contributed by atoms with E-state index in [1.54, 1.807) is 6.07 Å². The Hall–Kier alpha value is -1.39. The number of piperidine rings is 1. The van der Waals surface area contributed by atoms with Crippen LogP contribution >= 0.6 is 0 Å². The van der Waals surface area contributed by atoms with Crippen LogP contribution < -0.4 is 10.6 Å². The Kier molecular flexibility index (Phi) is 3.76. The number of nitrogens with two attached hydrogens (primary N) is 1. The second-order valence-electron chi connectivity index (χ2n) is 6.31. The van der Waals surface area contributed by atoms with Gasteiger partial charge in [0, 0.05) is 24.5 Å². The van der Waals surface area contributed by atoms with Crippen molar-refractivity contribution in [3.05, 3.63) is 23.8 Å². The average Bonchev–Trinajstić information content (AvgIpc) is 2.46. The van der Waals surface area contributed by atoms with Crippen molar-refractivity contribution in [1.82, 2.24) is 0 Å². The Labute approximate surface area is 123 Å². The van der Waals surface area contributed by atoms with E-state index in [4.69, 9.17) is 5.73 Å². The molecule has 2 N–H and O–H groups in total.